The first-order valence-corrected chi connectivity index (χ1v) is 9.15. The molecule has 0 bridgehead atoms. The maximum atomic E-state index is 13.0. The van der Waals surface area contributed by atoms with Crippen LogP contribution in [0.2, 0.25) is 0 Å². The fourth-order valence-corrected chi connectivity index (χ4v) is 3.17. The minimum absolute atomic E-state index is 0. The van der Waals surface area contributed by atoms with E-state index in [0.29, 0.717) is 0 Å². The normalized spacial score (nSPS) is 9.74. The molecule has 2 aromatic heterocycles. The first-order valence-electron chi connectivity index (χ1n) is 8.27. The third-order valence-electron chi connectivity index (χ3n) is 3.75. The minimum atomic E-state index is -0.191. The molecule has 0 radical (unpaired) electrons. The van der Waals surface area contributed by atoms with Gasteiger partial charge in [-0.1, -0.05) is 49.4 Å². The number of rotatable bonds is 2. The van der Waals surface area contributed by atoms with Crippen LogP contribution in [0.3, 0.4) is 0 Å². The van der Waals surface area contributed by atoms with Gasteiger partial charge < -0.3 is 0 Å². The Morgan fingerprint density at radius 2 is 1.52 bits per heavy atom. The van der Waals surface area contributed by atoms with Gasteiger partial charge in [0.1, 0.15) is 10.8 Å². The zero-order chi connectivity index (χ0) is 18.4. The average Bonchev–Trinajstić information content (AvgIpc) is 3.17. The van der Waals surface area contributed by atoms with Crippen LogP contribution >= 0.6 is 11.3 Å². The van der Waals surface area contributed by atoms with Crippen LogP contribution in [0.25, 0.3) is 21.7 Å². The summed E-state index contributed by atoms with van der Waals surface area (Å²) in [6, 6.07) is 18.7. The van der Waals surface area contributed by atoms with Gasteiger partial charge in [-0.05, 0) is 49.2 Å². The van der Waals surface area contributed by atoms with Crippen molar-refractivity contribution in [3.8, 4) is 21.7 Å². The number of halogens is 1. The van der Waals surface area contributed by atoms with Crippen molar-refractivity contribution in [3.05, 3.63) is 95.5 Å². The predicted octanol–water partition coefficient (Wildman–Crippen LogP) is 6.95. The van der Waals surface area contributed by atoms with Gasteiger partial charge in [-0.3, -0.25) is 4.98 Å². The summed E-state index contributed by atoms with van der Waals surface area (Å²) < 4.78 is 13.0. The van der Waals surface area contributed by atoms with E-state index in [4.69, 9.17) is 0 Å². The van der Waals surface area contributed by atoms with Crippen LogP contribution < -0.4 is 0 Å². The summed E-state index contributed by atoms with van der Waals surface area (Å²) in [7, 11) is 0. The van der Waals surface area contributed by atoms with Crippen LogP contribution in [-0.2, 0) is 0 Å². The molecule has 0 aliphatic rings. The lowest BCUT2D eigenvalue weighted by Gasteiger charge is -2.02. The molecule has 0 aliphatic carbocycles. The maximum absolute atomic E-state index is 13.0. The number of hydrogen-bond donors (Lipinski definition) is 0. The molecule has 0 fully saturated rings. The summed E-state index contributed by atoms with van der Waals surface area (Å²) in [6.07, 6.45) is 3.63. The molecule has 0 unspecified atom stereocenters. The molecular formula is C23H23FN2S. The smallest absolute Gasteiger partial charge is 0.123 e. The quantitative estimate of drug-likeness (QED) is 0.377. The topological polar surface area (TPSA) is 25.8 Å². The number of hydrogen-bond acceptors (Lipinski definition) is 3. The summed E-state index contributed by atoms with van der Waals surface area (Å²) in [6.45, 7) is 4.01. The summed E-state index contributed by atoms with van der Waals surface area (Å²) in [5.74, 6) is -0.191. The summed E-state index contributed by atoms with van der Waals surface area (Å²) in [5.41, 5.74) is 5.35. The highest BCUT2D eigenvalue weighted by Gasteiger charge is 1.99. The Balaban J connectivity index is 0.000000189. The lowest BCUT2D eigenvalue weighted by molar-refractivity contribution is 0.628. The van der Waals surface area contributed by atoms with Gasteiger partial charge in [0, 0.05) is 29.0 Å². The predicted molar refractivity (Wildman–Crippen MR) is 113 cm³/mol. The van der Waals surface area contributed by atoms with Crippen LogP contribution in [-0.4, -0.2) is 9.97 Å². The molecule has 138 valence electrons. The van der Waals surface area contributed by atoms with E-state index in [9.17, 15) is 4.39 Å². The summed E-state index contributed by atoms with van der Waals surface area (Å²) in [4.78, 5) is 8.34. The highest BCUT2D eigenvalue weighted by molar-refractivity contribution is 7.13. The fraction of sp³-hybridized carbons (Fsp3) is 0.130. The van der Waals surface area contributed by atoms with Crippen LogP contribution in [0.4, 0.5) is 4.39 Å². The maximum Gasteiger partial charge on any atom is 0.123 e. The molecule has 4 aromatic rings. The van der Waals surface area contributed by atoms with Gasteiger partial charge in [0.05, 0.1) is 0 Å². The molecule has 0 saturated heterocycles. The Labute approximate surface area is 164 Å². The Kier molecular flexibility index (Phi) is 7.38. The molecule has 4 rings (SSSR count). The second-order valence-corrected chi connectivity index (χ2v) is 6.80. The summed E-state index contributed by atoms with van der Waals surface area (Å²) >= 11 is 1.65. The SMILES string of the molecule is C.Cc1cc(-c2nccs2)ccn1.Cc1cccc(-c2cccc(F)c2)c1. The van der Waals surface area contributed by atoms with Gasteiger partial charge in [0.2, 0.25) is 0 Å². The lowest BCUT2D eigenvalue weighted by Crippen LogP contribution is -1.81. The number of aryl methyl sites for hydroxylation is 2. The number of benzene rings is 2. The Bertz CT molecular complexity index is 938. The van der Waals surface area contributed by atoms with E-state index in [-0.39, 0.29) is 13.2 Å². The lowest BCUT2D eigenvalue weighted by atomic mass is 10.0. The van der Waals surface area contributed by atoms with Gasteiger partial charge >= 0.3 is 0 Å². The van der Waals surface area contributed by atoms with E-state index in [2.05, 4.69) is 16.0 Å². The molecule has 0 saturated carbocycles. The highest BCUT2D eigenvalue weighted by atomic mass is 32.1. The molecule has 0 amide bonds. The van der Waals surface area contributed by atoms with Crippen molar-refractivity contribution in [2.45, 2.75) is 21.3 Å². The van der Waals surface area contributed by atoms with Crippen molar-refractivity contribution < 1.29 is 4.39 Å². The van der Waals surface area contributed by atoms with Crippen LogP contribution in [0.15, 0.2) is 78.4 Å². The molecule has 2 nitrogen and oxygen atoms in total. The van der Waals surface area contributed by atoms with Crippen molar-refractivity contribution >= 4 is 11.3 Å². The number of thiazole rings is 1. The minimum Gasteiger partial charge on any atom is -0.262 e. The van der Waals surface area contributed by atoms with Crippen LogP contribution in [0.5, 0.6) is 0 Å². The molecule has 4 heteroatoms. The second-order valence-electron chi connectivity index (χ2n) is 5.90. The van der Waals surface area contributed by atoms with Gasteiger partial charge in [-0.2, -0.15) is 0 Å². The second kappa shape index (κ2) is 9.74. The molecule has 2 aromatic carbocycles. The van der Waals surface area contributed by atoms with Crippen molar-refractivity contribution in [2.24, 2.45) is 0 Å². The third kappa shape index (κ3) is 5.83. The Hall–Kier alpha value is -2.85. The molecule has 0 N–H and O–H groups in total. The van der Waals surface area contributed by atoms with Gasteiger partial charge in [0.15, 0.2) is 0 Å². The van der Waals surface area contributed by atoms with Crippen LogP contribution in [0.1, 0.15) is 18.7 Å². The van der Waals surface area contributed by atoms with Crippen molar-refractivity contribution in [1.82, 2.24) is 9.97 Å². The molecule has 0 atom stereocenters. The van der Waals surface area contributed by atoms with Gasteiger partial charge in [-0.25, -0.2) is 9.37 Å². The Morgan fingerprint density at radius 3 is 2.15 bits per heavy atom. The number of aromatic nitrogens is 2. The number of pyridine rings is 1. The van der Waals surface area contributed by atoms with Gasteiger partial charge in [0.25, 0.3) is 0 Å². The molecular weight excluding hydrogens is 355 g/mol. The summed E-state index contributed by atoms with van der Waals surface area (Å²) in [5, 5.41) is 3.03. The van der Waals surface area contributed by atoms with E-state index >= 15 is 0 Å². The largest absolute Gasteiger partial charge is 0.262 e. The fourth-order valence-electron chi connectivity index (χ4n) is 2.54. The highest BCUT2D eigenvalue weighted by Crippen LogP contribution is 2.21. The average molecular weight is 379 g/mol. The van der Waals surface area contributed by atoms with Gasteiger partial charge in [-0.15, -0.1) is 11.3 Å². The van der Waals surface area contributed by atoms with Crippen molar-refractivity contribution in [3.63, 3.8) is 0 Å². The van der Waals surface area contributed by atoms with E-state index in [0.717, 1.165) is 27.4 Å². The van der Waals surface area contributed by atoms with E-state index in [1.807, 2.05) is 68.0 Å². The van der Waals surface area contributed by atoms with E-state index in [1.165, 1.54) is 11.6 Å². The van der Waals surface area contributed by atoms with Crippen molar-refractivity contribution in [1.29, 1.82) is 0 Å². The number of nitrogens with zero attached hydrogens (tertiary/aromatic N) is 2. The van der Waals surface area contributed by atoms with Crippen molar-refractivity contribution in [2.75, 3.05) is 0 Å². The molecule has 0 spiro atoms. The zero-order valence-electron chi connectivity index (χ0n) is 14.7. The monoisotopic (exact) mass is 378 g/mol. The Morgan fingerprint density at radius 1 is 0.778 bits per heavy atom. The first-order chi connectivity index (χ1) is 12.6. The standard InChI is InChI=1S/C13H11F.C9H8N2S.CH4/c1-10-4-2-5-11(8-10)12-6-3-7-13(14)9-12;1-7-6-8(2-3-10-7)9-11-4-5-12-9;/h2-9H,1H3;2-6H,1H3;1H4. The van der Waals surface area contributed by atoms with E-state index < -0.39 is 0 Å². The first kappa shape index (κ1) is 20.5. The molecule has 0 aliphatic heterocycles. The molecule has 27 heavy (non-hydrogen) atoms. The zero-order valence-corrected chi connectivity index (χ0v) is 15.5. The molecule has 2 heterocycles. The van der Waals surface area contributed by atoms with E-state index in [1.54, 1.807) is 23.5 Å². The third-order valence-corrected chi connectivity index (χ3v) is 4.57. The van der Waals surface area contributed by atoms with Crippen LogP contribution in [0, 0.1) is 19.7 Å².